The molecular formula is C24H33ClO10. The highest BCUT2D eigenvalue weighted by Crippen LogP contribution is 2.47. The molecule has 10 nitrogen and oxygen atoms in total. The van der Waals surface area contributed by atoms with E-state index in [4.69, 9.17) is 35.3 Å². The van der Waals surface area contributed by atoms with Gasteiger partial charge in [-0.15, -0.1) is 11.6 Å². The van der Waals surface area contributed by atoms with Crippen LogP contribution in [0.5, 0.6) is 0 Å². The summed E-state index contributed by atoms with van der Waals surface area (Å²) >= 11 is 6.17. The molecule has 2 aliphatic rings. The summed E-state index contributed by atoms with van der Waals surface area (Å²) in [6.45, 7) is 9.09. The lowest BCUT2D eigenvalue weighted by atomic mass is 9.82. The molecule has 1 aliphatic heterocycles. The third kappa shape index (κ3) is 7.44. The van der Waals surface area contributed by atoms with Crippen molar-refractivity contribution in [2.24, 2.45) is 11.8 Å². The Kier molecular flexibility index (Phi) is 9.36. The largest absolute Gasteiger partial charge is 0.461 e. The van der Waals surface area contributed by atoms with Crippen molar-refractivity contribution in [1.82, 2.24) is 0 Å². The molecule has 1 aliphatic carbocycles. The monoisotopic (exact) mass is 516 g/mol. The van der Waals surface area contributed by atoms with Crippen LogP contribution >= 0.6 is 11.6 Å². The Hall–Kier alpha value is -2.59. The minimum Gasteiger partial charge on any atom is -0.461 e. The van der Waals surface area contributed by atoms with Crippen molar-refractivity contribution < 1.29 is 48.0 Å². The van der Waals surface area contributed by atoms with Crippen LogP contribution in [0.4, 0.5) is 0 Å². The maximum absolute atomic E-state index is 12.7. The van der Waals surface area contributed by atoms with Crippen LogP contribution in [0.3, 0.4) is 0 Å². The summed E-state index contributed by atoms with van der Waals surface area (Å²) in [7, 11) is 0. The average Bonchev–Trinajstić information content (AvgIpc) is 2.98. The lowest BCUT2D eigenvalue weighted by molar-refractivity contribution is -0.204. The van der Waals surface area contributed by atoms with Gasteiger partial charge in [-0.3, -0.25) is 19.2 Å². The molecule has 0 bridgehead atoms. The number of aliphatic hydroxyl groups is 1. The third-order valence-corrected chi connectivity index (χ3v) is 5.83. The fourth-order valence-corrected chi connectivity index (χ4v) is 4.32. The van der Waals surface area contributed by atoms with Gasteiger partial charge in [0.05, 0.1) is 24.5 Å². The zero-order chi connectivity index (χ0) is 26.6. The number of hydrogen-bond acceptors (Lipinski definition) is 10. The summed E-state index contributed by atoms with van der Waals surface area (Å²) in [5.41, 5.74) is -2.24. The summed E-state index contributed by atoms with van der Waals surface area (Å²) in [5, 5.41) is 11.6. The molecule has 0 spiro atoms. The van der Waals surface area contributed by atoms with Gasteiger partial charge in [-0.25, -0.2) is 0 Å². The zero-order valence-corrected chi connectivity index (χ0v) is 21.5. The van der Waals surface area contributed by atoms with Crippen LogP contribution in [0.25, 0.3) is 0 Å². The van der Waals surface area contributed by atoms with Gasteiger partial charge in [0, 0.05) is 25.8 Å². The molecule has 4 atom stereocenters. The number of halogens is 1. The Morgan fingerprint density at radius 2 is 1.80 bits per heavy atom. The third-order valence-electron chi connectivity index (χ3n) is 5.40. The average molecular weight is 517 g/mol. The Labute approximate surface area is 209 Å². The van der Waals surface area contributed by atoms with E-state index >= 15 is 0 Å². The number of rotatable bonds is 10. The van der Waals surface area contributed by atoms with Gasteiger partial charge in [0.2, 0.25) is 0 Å². The van der Waals surface area contributed by atoms with E-state index < -0.39 is 59.3 Å². The Balaban J connectivity index is 2.34. The van der Waals surface area contributed by atoms with E-state index in [-0.39, 0.29) is 25.4 Å². The van der Waals surface area contributed by atoms with E-state index in [2.05, 4.69) is 0 Å². The van der Waals surface area contributed by atoms with Crippen LogP contribution in [0.1, 0.15) is 54.4 Å². The molecule has 0 saturated heterocycles. The maximum atomic E-state index is 12.7. The summed E-state index contributed by atoms with van der Waals surface area (Å²) in [5.74, 6) is -3.77. The van der Waals surface area contributed by atoms with Gasteiger partial charge in [-0.1, -0.05) is 13.8 Å². The van der Waals surface area contributed by atoms with Gasteiger partial charge in [0.15, 0.2) is 6.10 Å². The molecule has 0 saturated carbocycles. The summed E-state index contributed by atoms with van der Waals surface area (Å²) < 4.78 is 26.9. The molecule has 0 aromatic rings. The maximum Gasteiger partial charge on any atom is 0.310 e. The first-order chi connectivity index (χ1) is 16.2. The van der Waals surface area contributed by atoms with Crippen molar-refractivity contribution in [1.29, 1.82) is 0 Å². The summed E-state index contributed by atoms with van der Waals surface area (Å²) in [6, 6.07) is 0. The Morgan fingerprint density at radius 3 is 2.34 bits per heavy atom. The number of alkyl halides is 1. The fourth-order valence-electron chi connectivity index (χ4n) is 4.00. The van der Waals surface area contributed by atoms with Crippen LogP contribution in [0, 0.1) is 11.8 Å². The molecule has 0 aromatic carbocycles. The van der Waals surface area contributed by atoms with Gasteiger partial charge < -0.3 is 28.8 Å². The van der Waals surface area contributed by atoms with Crippen molar-refractivity contribution in [3.63, 3.8) is 0 Å². The van der Waals surface area contributed by atoms with E-state index in [0.717, 1.165) is 0 Å². The van der Waals surface area contributed by atoms with Crippen LogP contribution in [0.15, 0.2) is 23.5 Å². The van der Waals surface area contributed by atoms with Crippen LogP contribution in [0.2, 0.25) is 0 Å². The second-order valence-corrected chi connectivity index (χ2v) is 9.95. The van der Waals surface area contributed by atoms with Crippen molar-refractivity contribution >= 4 is 35.5 Å². The predicted octanol–water partition coefficient (Wildman–Crippen LogP) is 2.55. The lowest BCUT2D eigenvalue weighted by Crippen LogP contribution is -2.54. The van der Waals surface area contributed by atoms with Gasteiger partial charge in [0.1, 0.15) is 17.8 Å². The normalized spacial score (nSPS) is 25.6. The molecule has 196 valence electrons. The quantitative estimate of drug-likeness (QED) is 0.262. The van der Waals surface area contributed by atoms with E-state index in [1.54, 1.807) is 13.8 Å². The van der Waals surface area contributed by atoms with Crippen molar-refractivity contribution in [3.05, 3.63) is 23.5 Å². The zero-order valence-electron chi connectivity index (χ0n) is 20.8. The van der Waals surface area contributed by atoms with Crippen molar-refractivity contribution in [2.45, 2.75) is 78.0 Å². The topological polar surface area (TPSA) is 135 Å². The van der Waals surface area contributed by atoms with Crippen molar-refractivity contribution in [3.8, 4) is 0 Å². The molecule has 1 heterocycles. The molecule has 1 N–H and O–H groups in total. The van der Waals surface area contributed by atoms with E-state index in [1.165, 1.54) is 26.2 Å². The van der Waals surface area contributed by atoms with E-state index in [0.29, 0.717) is 11.1 Å². The van der Waals surface area contributed by atoms with Crippen LogP contribution < -0.4 is 0 Å². The number of ether oxygens (including phenoxy) is 5. The van der Waals surface area contributed by atoms with Crippen LogP contribution in [-0.4, -0.2) is 65.1 Å². The highest BCUT2D eigenvalue weighted by atomic mass is 35.5. The first-order valence-electron chi connectivity index (χ1n) is 11.3. The first-order valence-corrected chi connectivity index (χ1v) is 11.8. The number of carbonyl (C=O) groups excluding carboxylic acids is 4. The smallest absolute Gasteiger partial charge is 0.310 e. The molecule has 0 radical (unpaired) electrons. The van der Waals surface area contributed by atoms with Gasteiger partial charge in [-0.05, 0) is 31.4 Å². The molecule has 0 amide bonds. The predicted molar refractivity (Wildman–Crippen MR) is 123 cm³/mol. The van der Waals surface area contributed by atoms with Crippen molar-refractivity contribution in [2.75, 3.05) is 12.5 Å². The van der Waals surface area contributed by atoms with Gasteiger partial charge in [0.25, 0.3) is 6.29 Å². The van der Waals surface area contributed by atoms with Gasteiger partial charge in [-0.2, -0.15) is 0 Å². The molecule has 11 heteroatoms. The molecule has 2 rings (SSSR count). The Morgan fingerprint density at radius 1 is 1.14 bits per heavy atom. The SMILES string of the molecule is CC(=O)OCC1=COC(OC(=O)CC(C)C)[C@@H]2C1=CC(OC(=O)CC(C)(C)OC(C)=O)[C@]2(O)CCl. The lowest BCUT2D eigenvalue weighted by Gasteiger charge is -2.39. The van der Waals surface area contributed by atoms with Crippen LogP contribution in [-0.2, 0) is 42.9 Å². The first kappa shape index (κ1) is 28.6. The number of hydrogen-bond donors (Lipinski definition) is 1. The minimum atomic E-state index is -1.91. The summed E-state index contributed by atoms with van der Waals surface area (Å²) in [4.78, 5) is 47.7. The molecule has 2 unspecified atom stereocenters. The molecular weight excluding hydrogens is 484 g/mol. The number of carbonyl (C=O) groups is 4. The Bertz CT molecular complexity index is 906. The molecule has 0 fully saturated rings. The standard InChI is InChI=1S/C24H33ClO10/c1-13(2)7-19(28)34-22-21-17(16(11-32-22)10-31-14(3)26)8-18(24(21,30)12-25)33-20(29)9-23(5,6)35-15(4)27/h8,11,13,18,21-22,30H,7,9-10,12H2,1-6H3/t18?,21-,22?,24+/m0/s1. The fraction of sp³-hybridized carbons (Fsp3) is 0.667. The highest BCUT2D eigenvalue weighted by Gasteiger charge is 2.58. The second kappa shape index (κ2) is 11.4. The van der Waals surface area contributed by atoms with Gasteiger partial charge >= 0.3 is 23.9 Å². The molecule has 0 aromatic heterocycles. The number of fused-ring (bicyclic) bond motifs is 1. The highest BCUT2D eigenvalue weighted by molar-refractivity contribution is 6.18. The molecule has 35 heavy (non-hydrogen) atoms. The van der Waals surface area contributed by atoms with E-state index in [9.17, 15) is 24.3 Å². The van der Waals surface area contributed by atoms with E-state index in [1.807, 2.05) is 13.8 Å². The minimum absolute atomic E-state index is 0.0286. The summed E-state index contributed by atoms with van der Waals surface area (Å²) in [6.07, 6.45) is 0.104. The second-order valence-electron chi connectivity index (χ2n) is 9.68. The number of esters is 4.